The number of ketones is 1. The van der Waals surface area contributed by atoms with Gasteiger partial charge in [-0.3, -0.25) is 14.6 Å². The van der Waals surface area contributed by atoms with Crippen LogP contribution in [0.1, 0.15) is 42.5 Å². The summed E-state index contributed by atoms with van der Waals surface area (Å²) in [6.07, 6.45) is 9.81. The molecule has 4 aliphatic heterocycles. The van der Waals surface area contributed by atoms with Crippen LogP contribution in [0.3, 0.4) is 0 Å². The number of carbonyl (C=O) groups excluding carboxylic acids is 1. The summed E-state index contributed by atoms with van der Waals surface area (Å²) in [5.41, 5.74) is 3.80. The predicted molar refractivity (Wildman–Crippen MR) is 167 cm³/mol. The first-order valence-corrected chi connectivity index (χ1v) is 15.5. The van der Waals surface area contributed by atoms with E-state index in [1.54, 1.807) is 25.3 Å². The number of aromatic hydroxyl groups is 2. The second kappa shape index (κ2) is 9.15. The molecule has 0 radical (unpaired) electrons. The summed E-state index contributed by atoms with van der Waals surface area (Å²) in [4.78, 5) is 17.0. The van der Waals surface area contributed by atoms with E-state index in [4.69, 9.17) is 14.2 Å². The second-order valence-electron chi connectivity index (χ2n) is 13.7. The van der Waals surface area contributed by atoms with Crippen LogP contribution in [0.5, 0.6) is 23.0 Å². The first-order chi connectivity index (χ1) is 21.2. The van der Waals surface area contributed by atoms with Crippen molar-refractivity contribution in [3.8, 4) is 23.0 Å². The number of aliphatic hydroxyl groups is 1. The molecule has 9 nitrogen and oxygen atoms in total. The van der Waals surface area contributed by atoms with Gasteiger partial charge >= 0.3 is 0 Å². The fourth-order valence-corrected chi connectivity index (χ4v) is 10.1. The molecule has 9 heteroatoms. The molecule has 2 fully saturated rings. The van der Waals surface area contributed by atoms with Crippen LogP contribution in [0.15, 0.2) is 59.9 Å². The zero-order valence-corrected chi connectivity index (χ0v) is 25.0. The maximum absolute atomic E-state index is 12.4. The molecule has 2 saturated heterocycles. The van der Waals surface area contributed by atoms with E-state index in [0.29, 0.717) is 30.4 Å². The van der Waals surface area contributed by atoms with Gasteiger partial charge in [-0.1, -0.05) is 25.6 Å². The fraction of sp³-hybridized carbons (Fsp3) is 0.472. The standard InChI is InChI=1S/C18H19NO3.C17H17NO4.CH4/c1-19-8-7-18-11-4-6-14(21-2)17(18)22-16-13(20)5-3-10(15(16)18)9-12(11)19;1-18-7-6-16-13-9-2-3-10(19)14(13)22-15(16)11(20)4-5-17(16,21)12(18)8-9;/h3-6,12,17,20H,7-9H2,1-2H3;2-5,12,15,19,21H,6-8H2,1H3;1H4/t12-,17+,18+;12-,15+,16+,17?;/m11./s1. The van der Waals surface area contributed by atoms with Gasteiger partial charge in [-0.05, 0) is 99.9 Å². The third-order valence-electron chi connectivity index (χ3n) is 12.1. The third-order valence-corrected chi connectivity index (χ3v) is 12.1. The van der Waals surface area contributed by atoms with Crippen molar-refractivity contribution < 1.29 is 34.3 Å². The maximum Gasteiger partial charge on any atom is 0.196 e. The van der Waals surface area contributed by atoms with E-state index in [-0.39, 0.29) is 42.3 Å². The molecule has 0 amide bonds. The second-order valence-corrected chi connectivity index (χ2v) is 13.7. The SMILES string of the molecule is C.CN1CC[C@]23c4c5ccc(O)c4O[C@H]2C(=O)C=CC3(O)[C@H]1C5.COC1=CC=C2[C@H]3Cc4ccc(O)c5c4[C@@]2(CCN3C)[C@H]1O5. The van der Waals surface area contributed by atoms with Crippen molar-refractivity contribution in [2.24, 2.45) is 0 Å². The number of rotatable bonds is 1. The molecule has 45 heavy (non-hydrogen) atoms. The van der Waals surface area contributed by atoms with Crippen molar-refractivity contribution in [1.82, 2.24) is 9.80 Å². The molecule has 10 rings (SSSR count). The number of carbonyl (C=O) groups is 1. The number of hydrogen-bond donors (Lipinski definition) is 3. The molecule has 2 spiro atoms. The molecule has 0 saturated carbocycles. The van der Waals surface area contributed by atoms with Gasteiger partial charge in [0.05, 0.1) is 17.9 Å². The summed E-state index contributed by atoms with van der Waals surface area (Å²) in [5.74, 6) is 2.08. The minimum Gasteiger partial charge on any atom is -0.504 e. The van der Waals surface area contributed by atoms with Gasteiger partial charge in [0.15, 0.2) is 41.0 Å². The number of benzene rings is 2. The lowest BCUT2D eigenvalue weighted by Gasteiger charge is -2.60. The van der Waals surface area contributed by atoms with Crippen LogP contribution in [-0.4, -0.2) is 95.1 Å². The summed E-state index contributed by atoms with van der Waals surface area (Å²) in [6.45, 7) is 1.83. The highest BCUT2D eigenvalue weighted by Gasteiger charge is 2.71. The normalized spacial score (nSPS) is 37.0. The Labute approximate surface area is 263 Å². The van der Waals surface area contributed by atoms with E-state index in [0.717, 1.165) is 42.8 Å². The average molecular weight is 613 g/mol. The van der Waals surface area contributed by atoms with Crippen LogP contribution in [0.4, 0.5) is 0 Å². The topological polar surface area (TPSA) is 112 Å². The Morgan fingerprint density at radius 3 is 2.29 bits per heavy atom. The zero-order valence-electron chi connectivity index (χ0n) is 25.0. The Kier molecular flexibility index (Phi) is 5.83. The van der Waals surface area contributed by atoms with E-state index in [2.05, 4.69) is 29.0 Å². The molecular formula is C36H40N2O7. The van der Waals surface area contributed by atoms with Gasteiger partial charge < -0.3 is 29.5 Å². The van der Waals surface area contributed by atoms with E-state index in [1.807, 2.05) is 19.2 Å². The molecule has 2 aromatic rings. The number of likely N-dealkylation sites (N-methyl/N-ethyl adjacent to an activating group) is 2. The monoisotopic (exact) mass is 612 g/mol. The van der Waals surface area contributed by atoms with Gasteiger partial charge in [-0.15, -0.1) is 0 Å². The van der Waals surface area contributed by atoms with Crippen molar-refractivity contribution >= 4 is 5.78 Å². The van der Waals surface area contributed by atoms with Crippen LogP contribution < -0.4 is 9.47 Å². The van der Waals surface area contributed by atoms with E-state index >= 15 is 0 Å². The van der Waals surface area contributed by atoms with Gasteiger partial charge in [0.2, 0.25) is 0 Å². The minimum absolute atomic E-state index is 0. The van der Waals surface area contributed by atoms with Crippen LogP contribution >= 0.6 is 0 Å². The van der Waals surface area contributed by atoms with Gasteiger partial charge in [-0.25, -0.2) is 0 Å². The van der Waals surface area contributed by atoms with E-state index in [1.165, 1.54) is 22.8 Å². The van der Waals surface area contributed by atoms with E-state index in [9.17, 15) is 20.1 Å². The Bertz CT molecular complexity index is 1760. The Morgan fingerprint density at radius 2 is 1.56 bits per heavy atom. The van der Waals surface area contributed by atoms with Crippen molar-refractivity contribution in [3.05, 3.63) is 82.2 Å². The number of allylic oxidation sites excluding steroid dienone is 2. The lowest BCUT2D eigenvalue weighted by molar-refractivity contribution is -0.151. The lowest BCUT2D eigenvalue weighted by Crippen LogP contribution is -2.74. The van der Waals surface area contributed by atoms with Crippen molar-refractivity contribution in [2.75, 3.05) is 34.3 Å². The summed E-state index contributed by atoms with van der Waals surface area (Å²) < 4.78 is 17.7. The highest BCUT2D eigenvalue weighted by molar-refractivity contribution is 5.99. The summed E-state index contributed by atoms with van der Waals surface area (Å²) in [6, 6.07) is 7.69. The molecule has 0 aromatic heterocycles. The molecule has 4 heterocycles. The van der Waals surface area contributed by atoms with Crippen LogP contribution in [0.2, 0.25) is 0 Å². The molecular weight excluding hydrogens is 572 g/mol. The summed E-state index contributed by atoms with van der Waals surface area (Å²) >= 11 is 0. The third kappa shape index (κ3) is 3.16. The van der Waals surface area contributed by atoms with Gasteiger partial charge in [0.25, 0.3) is 0 Å². The quantitative estimate of drug-likeness (QED) is 0.447. The summed E-state index contributed by atoms with van der Waals surface area (Å²) in [5, 5.41) is 32.0. The number of phenolic OH excluding ortho intramolecular Hbond substituents is 2. The lowest BCUT2D eigenvalue weighted by atomic mass is 9.51. The number of hydrogen-bond acceptors (Lipinski definition) is 9. The zero-order chi connectivity index (χ0) is 30.3. The molecule has 1 unspecified atom stereocenters. The largest absolute Gasteiger partial charge is 0.504 e. The molecule has 4 aliphatic carbocycles. The average Bonchev–Trinajstić information content (AvgIpc) is 3.56. The van der Waals surface area contributed by atoms with E-state index < -0.39 is 17.1 Å². The Hall–Kier alpha value is -3.79. The maximum atomic E-state index is 12.4. The molecule has 2 aromatic carbocycles. The van der Waals surface area contributed by atoms with Gasteiger partial charge in [0, 0.05) is 23.2 Å². The first kappa shape index (κ1) is 28.7. The van der Waals surface area contributed by atoms with Gasteiger partial charge in [-0.2, -0.15) is 0 Å². The number of phenols is 2. The molecule has 8 aliphatic rings. The number of piperidine rings is 2. The number of methoxy groups -OCH3 is 1. The number of likely N-dealkylation sites (tertiary alicyclic amines) is 2. The molecule has 7 atom stereocenters. The minimum atomic E-state index is -1.13. The van der Waals surface area contributed by atoms with Crippen LogP contribution in [0.25, 0.3) is 0 Å². The first-order valence-electron chi connectivity index (χ1n) is 15.5. The van der Waals surface area contributed by atoms with Crippen molar-refractivity contribution in [2.45, 2.75) is 73.8 Å². The number of ether oxygens (including phenoxy) is 3. The van der Waals surface area contributed by atoms with Crippen LogP contribution in [0, 0.1) is 0 Å². The Morgan fingerprint density at radius 1 is 0.889 bits per heavy atom. The molecule has 4 bridgehead atoms. The highest BCUT2D eigenvalue weighted by atomic mass is 16.5. The molecule has 236 valence electrons. The molecule has 3 N–H and O–H groups in total. The summed E-state index contributed by atoms with van der Waals surface area (Å²) in [7, 11) is 5.91. The van der Waals surface area contributed by atoms with Crippen molar-refractivity contribution in [3.63, 3.8) is 0 Å². The Balaban J connectivity index is 0.000000131. The fourth-order valence-electron chi connectivity index (χ4n) is 10.1. The predicted octanol–water partition coefficient (Wildman–Crippen LogP) is 3.28. The van der Waals surface area contributed by atoms with Crippen LogP contribution in [-0.2, 0) is 33.2 Å². The smallest absolute Gasteiger partial charge is 0.196 e. The number of nitrogens with zero attached hydrogens (tertiary/aromatic N) is 2. The van der Waals surface area contributed by atoms with Crippen molar-refractivity contribution in [1.29, 1.82) is 0 Å². The highest BCUT2D eigenvalue weighted by Crippen LogP contribution is 2.64. The van der Waals surface area contributed by atoms with Gasteiger partial charge in [0.1, 0.15) is 11.4 Å².